The Morgan fingerprint density at radius 2 is 1.95 bits per heavy atom. The number of anilines is 1. The molecule has 0 radical (unpaired) electrons. The highest BCUT2D eigenvalue weighted by molar-refractivity contribution is 6.33. The molecule has 20 heavy (non-hydrogen) atoms. The maximum atomic E-state index is 13.1. The second-order valence-electron chi connectivity index (χ2n) is 3.97. The Kier molecular flexibility index (Phi) is 4.42. The van der Waals surface area contributed by atoms with E-state index in [0.717, 1.165) is 0 Å². The second kappa shape index (κ2) is 6.07. The molecule has 0 heterocycles. The molecule has 104 valence electrons. The van der Waals surface area contributed by atoms with Crippen LogP contribution in [0, 0.1) is 15.9 Å². The quantitative estimate of drug-likeness (QED) is 0.660. The van der Waals surface area contributed by atoms with Gasteiger partial charge >= 0.3 is 0 Å². The summed E-state index contributed by atoms with van der Waals surface area (Å²) in [6.45, 7) is 0.0686. The summed E-state index contributed by atoms with van der Waals surface area (Å²) in [6.07, 6.45) is 0. The Balaban J connectivity index is 2.27. The lowest BCUT2D eigenvalue weighted by molar-refractivity contribution is -0.385. The molecule has 2 rings (SSSR count). The van der Waals surface area contributed by atoms with Crippen LogP contribution in [0.2, 0.25) is 10.0 Å². The third kappa shape index (κ3) is 3.18. The molecular weight excluding hydrogens is 306 g/mol. The van der Waals surface area contributed by atoms with Gasteiger partial charge in [-0.2, -0.15) is 0 Å². The van der Waals surface area contributed by atoms with Crippen LogP contribution in [0.5, 0.6) is 0 Å². The molecule has 1 N–H and O–H groups in total. The van der Waals surface area contributed by atoms with Gasteiger partial charge < -0.3 is 5.32 Å². The van der Waals surface area contributed by atoms with Crippen molar-refractivity contribution in [3.63, 3.8) is 0 Å². The third-order valence-corrected chi connectivity index (χ3v) is 3.36. The van der Waals surface area contributed by atoms with Crippen molar-refractivity contribution in [3.05, 3.63) is 67.9 Å². The van der Waals surface area contributed by atoms with Crippen molar-refractivity contribution >= 4 is 34.6 Å². The molecule has 0 bridgehead atoms. The first-order chi connectivity index (χ1) is 9.49. The van der Waals surface area contributed by atoms with Gasteiger partial charge in [0.05, 0.1) is 26.2 Å². The molecule has 2 aromatic carbocycles. The molecule has 4 nitrogen and oxygen atoms in total. The van der Waals surface area contributed by atoms with Crippen LogP contribution in [0.1, 0.15) is 5.56 Å². The molecule has 0 amide bonds. The van der Waals surface area contributed by atoms with E-state index < -0.39 is 10.7 Å². The zero-order valence-corrected chi connectivity index (χ0v) is 11.6. The van der Waals surface area contributed by atoms with Gasteiger partial charge in [0.2, 0.25) is 0 Å². The van der Waals surface area contributed by atoms with Crippen LogP contribution in [0.3, 0.4) is 0 Å². The molecule has 0 saturated carbocycles. The van der Waals surface area contributed by atoms with E-state index in [-0.39, 0.29) is 17.3 Å². The van der Waals surface area contributed by atoms with Crippen LogP contribution >= 0.6 is 23.2 Å². The molecule has 0 aliphatic heterocycles. The van der Waals surface area contributed by atoms with Crippen LogP contribution in [0.4, 0.5) is 15.8 Å². The maximum Gasteiger partial charge on any atom is 0.275 e. The van der Waals surface area contributed by atoms with Crippen molar-refractivity contribution in [1.82, 2.24) is 0 Å². The minimum Gasteiger partial charge on any atom is -0.379 e. The highest BCUT2D eigenvalue weighted by Crippen LogP contribution is 2.29. The van der Waals surface area contributed by atoms with Crippen LogP contribution in [-0.4, -0.2) is 4.92 Å². The predicted molar refractivity (Wildman–Crippen MR) is 76.8 cm³/mol. The van der Waals surface area contributed by atoms with Crippen molar-refractivity contribution in [2.45, 2.75) is 6.54 Å². The van der Waals surface area contributed by atoms with Gasteiger partial charge in [-0.15, -0.1) is 0 Å². The average molecular weight is 315 g/mol. The smallest absolute Gasteiger partial charge is 0.275 e. The Labute approximate surface area is 124 Å². The summed E-state index contributed by atoms with van der Waals surface area (Å²) in [5.41, 5.74) is 0.568. The van der Waals surface area contributed by atoms with E-state index in [2.05, 4.69) is 5.32 Å². The predicted octanol–water partition coefficient (Wildman–Crippen LogP) is 4.65. The normalized spacial score (nSPS) is 10.3. The highest BCUT2D eigenvalue weighted by Gasteiger charge is 2.16. The first kappa shape index (κ1) is 14.6. The second-order valence-corrected chi connectivity index (χ2v) is 4.79. The number of hydrogen-bond acceptors (Lipinski definition) is 3. The molecule has 0 aromatic heterocycles. The number of nitro benzene ring substituents is 1. The lowest BCUT2D eigenvalue weighted by atomic mass is 10.1. The van der Waals surface area contributed by atoms with E-state index in [1.54, 1.807) is 6.07 Å². The van der Waals surface area contributed by atoms with Gasteiger partial charge in [0, 0.05) is 12.6 Å². The fraction of sp³-hybridized carbons (Fsp3) is 0.0769. The van der Waals surface area contributed by atoms with Gasteiger partial charge in [0.15, 0.2) is 0 Å². The summed E-state index contributed by atoms with van der Waals surface area (Å²) in [5.74, 6) is -0.453. The number of nitro groups is 1. The first-order valence-corrected chi connectivity index (χ1v) is 6.35. The molecule has 0 saturated heterocycles. The summed E-state index contributed by atoms with van der Waals surface area (Å²) in [7, 11) is 0. The van der Waals surface area contributed by atoms with Crippen molar-refractivity contribution in [1.29, 1.82) is 0 Å². The van der Waals surface area contributed by atoms with Gasteiger partial charge in [0.1, 0.15) is 5.82 Å². The fourth-order valence-electron chi connectivity index (χ4n) is 1.71. The van der Waals surface area contributed by atoms with E-state index in [1.165, 1.54) is 30.3 Å². The van der Waals surface area contributed by atoms with Crippen molar-refractivity contribution in [2.24, 2.45) is 0 Å². The molecule has 0 atom stereocenters. The molecule has 0 fully saturated rings. The number of hydrogen-bond donors (Lipinski definition) is 1. The van der Waals surface area contributed by atoms with Crippen molar-refractivity contribution in [2.75, 3.05) is 5.32 Å². The SMILES string of the molecule is O=[N+]([O-])c1cccc(Cl)c1CNc1cc(F)ccc1Cl. The summed E-state index contributed by atoms with van der Waals surface area (Å²) in [5, 5.41) is 14.4. The zero-order valence-electron chi connectivity index (χ0n) is 10.1. The number of rotatable bonds is 4. The van der Waals surface area contributed by atoms with Crippen LogP contribution in [-0.2, 0) is 6.54 Å². The van der Waals surface area contributed by atoms with E-state index in [0.29, 0.717) is 16.3 Å². The minimum atomic E-state index is -0.518. The number of halogens is 3. The van der Waals surface area contributed by atoms with E-state index in [4.69, 9.17) is 23.2 Å². The topological polar surface area (TPSA) is 55.2 Å². The Hall–Kier alpha value is -1.85. The number of nitrogens with one attached hydrogen (secondary N) is 1. The van der Waals surface area contributed by atoms with Gasteiger partial charge in [-0.05, 0) is 24.3 Å². The number of benzene rings is 2. The van der Waals surface area contributed by atoms with Crippen LogP contribution in [0.15, 0.2) is 36.4 Å². The largest absolute Gasteiger partial charge is 0.379 e. The Bertz CT molecular complexity index is 665. The van der Waals surface area contributed by atoms with Crippen molar-refractivity contribution in [3.8, 4) is 0 Å². The first-order valence-electron chi connectivity index (χ1n) is 5.59. The Morgan fingerprint density at radius 3 is 2.65 bits per heavy atom. The third-order valence-electron chi connectivity index (χ3n) is 2.67. The highest BCUT2D eigenvalue weighted by atomic mass is 35.5. The minimum absolute atomic E-state index is 0.0686. The van der Waals surface area contributed by atoms with E-state index in [1.807, 2.05) is 0 Å². The van der Waals surface area contributed by atoms with Gasteiger partial charge in [0.25, 0.3) is 5.69 Å². The number of nitrogens with zero attached hydrogens (tertiary/aromatic N) is 1. The summed E-state index contributed by atoms with van der Waals surface area (Å²) >= 11 is 11.9. The summed E-state index contributed by atoms with van der Waals surface area (Å²) < 4.78 is 13.1. The van der Waals surface area contributed by atoms with Crippen LogP contribution in [0.25, 0.3) is 0 Å². The molecular formula is C13H9Cl2FN2O2. The van der Waals surface area contributed by atoms with Gasteiger partial charge in [-0.3, -0.25) is 10.1 Å². The van der Waals surface area contributed by atoms with E-state index in [9.17, 15) is 14.5 Å². The average Bonchev–Trinajstić information content (AvgIpc) is 2.40. The molecule has 0 aliphatic carbocycles. The zero-order chi connectivity index (χ0) is 14.7. The summed E-state index contributed by atoms with van der Waals surface area (Å²) in [4.78, 5) is 10.4. The monoisotopic (exact) mass is 314 g/mol. The lowest BCUT2D eigenvalue weighted by Crippen LogP contribution is -2.04. The van der Waals surface area contributed by atoms with Crippen LogP contribution < -0.4 is 5.32 Å². The molecule has 0 aliphatic rings. The molecule has 2 aromatic rings. The van der Waals surface area contributed by atoms with Gasteiger partial charge in [-0.1, -0.05) is 29.3 Å². The van der Waals surface area contributed by atoms with Gasteiger partial charge in [-0.25, -0.2) is 4.39 Å². The maximum absolute atomic E-state index is 13.1. The fourth-order valence-corrected chi connectivity index (χ4v) is 2.13. The lowest BCUT2D eigenvalue weighted by Gasteiger charge is -2.10. The van der Waals surface area contributed by atoms with E-state index >= 15 is 0 Å². The Morgan fingerprint density at radius 1 is 1.20 bits per heavy atom. The standard InChI is InChI=1S/C13H9Cl2FN2O2/c14-10-2-1-3-13(18(19)20)9(10)7-17-12-6-8(16)4-5-11(12)15/h1-6,17H,7H2. The molecule has 7 heteroatoms. The molecule has 0 spiro atoms. The summed E-state index contributed by atoms with van der Waals surface area (Å²) in [6, 6.07) is 8.25. The molecule has 0 unspecified atom stereocenters. The van der Waals surface area contributed by atoms with Crippen molar-refractivity contribution < 1.29 is 9.31 Å².